The summed E-state index contributed by atoms with van der Waals surface area (Å²) in [5.74, 6) is -0.315. The third kappa shape index (κ3) is 14.0. The van der Waals surface area contributed by atoms with Gasteiger partial charge in [0.25, 0.3) is 0 Å². The zero-order valence-electron chi connectivity index (χ0n) is 25.3. The monoisotopic (exact) mass is 573 g/mol. The molecule has 1 aliphatic rings. The van der Waals surface area contributed by atoms with Crippen LogP contribution in [0.1, 0.15) is 60.8 Å². The molecule has 5 N–H and O–H groups in total. The van der Waals surface area contributed by atoms with E-state index in [-0.39, 0.29) is 17.9 Å². The van der Waals surface area contributed by atoms with Crippen LogP contribution in [0.25, 0.3) is 0 Å². The smallest absolute Gasteiger partial charge is 0.404 e. The molecule has 1 unspecified atom stereocenters. The van der Waals surface area contributed by atoms with E-state index in [0.29, 0.717) is 25.0 Å². The summed E-state index contributed by atoms with van der Waals surface area (Å²) in [5.41, 5.74) is 5.54. The normalized spacial score (nSPS) is 20.7. The minimum atomic E-state index is -1.06. The summed E-state index contributed by atoms with van der Waals surface area (Å²) in [6.45, 7) is 11.4. The van der Waals surface area contributed by atoms with Crippen molar-refractivity contribution in [1.82, 2.24) is 10.6 Å². The molecular formula is C31H47N3O7. The first-order valence-electron chi connectivity index (χ1n) is 13.7. The van der Waals surface area contributed by atoms with E-state index in [1.165, 1.54) is 19.4 Å². The third-order valence-corrected chi connectivity index (χ3v) is 6.24. The molecule has 10 nitrogen and oxygen atoms in total. The number of aliphatic hydroxyl groups excluding tert-OH is 1. The molecule has 1 rings (SSSR count). The van der Waals surface area contributed by atoms with Gasteiger partial charge in [0.15, 0.2) is 0 Å². The molecule has 0 fully saturated rings. The summed E-state index contributed by atoms with van der Waals surface area (Å²) in [7, 11) is 1.50. The second kappa shape index (κ2) is 17.9. The first kappa shape index (κ1) is 35.4. The molecule has 0 aromatic heterocycles. The number of nitrogens with two attached hydrogens (primary N) is 1. The van der Waals surface area contributed by atoms with Gasteiger partial charge in [0, 0.05) is 24.8 Å². The maximum atomic E-state index is 12.9. The van der Waals surface area contributed by atoms with Crippen LogP contribution in [0.15, 0.2) is 72.2 Å². The van der Waals surface area contributed by atoms with Crippen LogP contribution >= 0.6 is 0 Å². The van der Waals surface area contributed by atoms with E-state index in [1.807, 2.05) is 71.9 Å². The zero-order chi connectivity index (χ0) is 31.0. The lowest BCUT2D eigenvalue weighted by molar-refractivity contribution is -0.150. The topological polar surface area (TPSA) is 149 Å². The van der Waals surface area contributed by atoms with Crippen molar-refractivity contribution in [3.63, 3.8) is 0 Å². The Balaban J connectivity index is 2.68. The van der Waals surface area contributed by atoms with Gasteiger partial charge in [0.2, 0.25) is 18.1 Å². The molecule has 1 heterocycles. The summed E-state index contributed by atoms with van der Waals surface area (Å²) in [6, 6.07) is -0.796. The van der Waals surface area contributed by atoms with Crippen LogP contribution in [0.5, 0.6) is 0 Å². The number of ether oxygens (including phenoxy) is 3. The summed E-state index contributed by atoms with van der Waals surface area (Å²) in [5, 5.41) is 15.4. The number of methoxy groups -OCH3 is 1. The molecule has 0 aromatic rings. The molecule has 0 radical (unpaired) electrons. The van der Waals surface area contributed by atoms with Crippen LogP contribution < -0.4 is 16.4 Å². The molecule has 228 valence electrons. The van der Waals surface area contributed by atoms with Crippen LogP contribution in [-0.2, 0) is 23.8 Å². The van der Waals surface area contributed by atoms with E-state index < -0.39 is 35.9 Å². The average Bonchev–Trinajstić information content (AvgIpc) is 2.89. The Morgan fingerprint density at radius 3 is 2.44 bits per heavy atom. The van der Waals surface area contributed by atoms with Gasteiger partial charge in [-0.25, -0.2) is 4.79 Å². The van der Waals surface area contributed by atoms with Gasteiger partial charge in [0.05, 0.1) is 13.2 Å². The molecule has 0 bridgehead atoms. The van der Waals surface area contributed by atoms with Crippen molar-refractivity contribution in [3.8, 4) is 0 Å². The Hall–Kier alpha value is -3.63. The molecule has 10 heteroatoms. The summed E-state index contributed by atoms with van der Waals surface area (Å²) < 4.78 is 15.8. The number of carbonyl (C=O) groups excluding carboxylic acids is 3. The van der Waals surface area contributed by atoms with E-state index in [0.717, 1.165) is 5.57 Å². The van der Waals surface area contributed by atoms with Crippen molar-refractivity contribution in [1.29, 1.82) is 0 Å². The van der Waals surface area contributed by atoms with Gasteiger partial charge in [-0.05, 0) is 38.0 Å². The number of carbonyl (C=O) groups is 3. The van der Waals surface area contributed by atoms with E-state index in [1.54, 1.807) is 18.2 Å². The zero-order valence-corrected chi connectivity index (χ0v) is 25.3. The Kier molecular flexibility index (Phi) is 15.5. The summed E-state index contributed by atoms with van der Waals surface area (Å²) in [6.07, 6.45) is 16.2. The molecule has 0 aromatic carbocycles. The van der Waals surface area contributed by atoms with Crippen molar-refractivity contribution < 1.29 is 33.7 Å². The second-order valence-corrected chi connectivity index (χ2v) is 10.9. The van der Waals surface area contributed by atoms with Crippen molar-refractivity contribution in [2.24, 2.45) is 17.1 Å². The third-order valence-electron chi connectivity index (χ3n) is 6.24. The van der Waals surface area contributed by atoms with Gasteiger partial charge >= 0.3 is 6.09 Å². The van der Waals surface area contributed by atoms with E-state index in [4.69, 9.17) is 19.9 Å². The molecule has 0 spiro atoms. The van der Waals surface area contributed by atoms with Gasteiger partial charge in [-0.3, -0.25) is 9.59 Å². The SMILES string of the molecule is C/C=C\C[C@@H](C/C=C\NC(=O)C(NC(=O)\C=C/C=C\C(C)=C\[C@H](C)[C@@H]1CC=C(OC)[C@H](O)O1)C(C)(C)C)OC(N)=O. The quantitative estimate of drug-likeness (QED) is 0.137. The standard InChI is InChI=1S/C31H47N3O7/c1-8-9-14-23(40-30(32)38)15-12-19-33-28(36)27(31(4,5)6)34-26(35)16-11-10-13-21(2)20-22(3)24-17-18-25(39-7)29(37)41-24/h8-13,16,18-20,22-24,27,29,37H,14-15,17H2,1-7H3,(H2,32,38)(H,33,36)(H,34,35)/b9-8-,13-10-,16-11-,19-12-,21-20+/t22-,23-,24-,27?,29+/m0/s1. The highest BCUT2D eigenvalue weighted by molar-refractivity contribution is 5.93. The van der Waals surface area contributed by atoms with E-state index >= 15 is 0 Å². The van der Waals surface area contributed by atoms with E-state index in [9.17, 15) is 19.5 Å². The molecule has 5 atom stereocenters. The highest BCUT2D eigenvalue weighted by atomic mass is 16.6. The fraction of sp³-hybridized carbons (Fsp3) is 0.516. The summed E-state index contributed by atoms with van der Waals surface area (Å²) >= 11 is 0. The number of aliphatic hydroxyl groups is 1. The van der Waals surface area contributed by atoms with Gasteiger partial charge < -0.3 is 35.7 Å². The highest BCUT2D eigenvalue weighted by Gasteiger charge is 2.32. The number of primary amides is 1. The largest absolute Gasteiger partial charge is 0.496 e. The van der Waals surface area contributed by atoms with Crippen LogP contribution in [0.3, 0.4) is 0 Å². The van der Waals surface area contributed by atoms with Crippen molar-refractivity contribution in [2.45, 2.75) is 85.3 Å². The molecule has 0 saturated heterocycles. The molecule has 41 heavy (non-hydrogen) atoms. The predicted octanol–water partition coefficient (Wildman–Crippen LogP) is 4.30. The van der Waals surface area contributed by atoms with Gasteiger partial charge in [0.1, 0.15) is 17.9 Å². The molecule has 0 aliphatic carbocycles. The van der Waals surface area contributed by atoms with Crippen LogP contribution in [-0.4, -0.2) is 54.7 Å². The van der Waals surface area contributed by atoms with Crippen LogP contribution in [0.2, 0.25) is 0 Å². The molecule has 3 amide bonds. The highest BCUT2D eigenvalue weighted by Crippen LogP contribution is 2.25. The Bertz CT molecular complexity index is 1050. The van der Waals surface area contributed by atoms with Crippen molar-refractivity contribution >= 4 is 17.9 Å². The lowest BCUT2D eigenvalue weighted by Crippen LogP contribution is -2.52. The lowest BCUT2D eigenvalue weighted by atomic mass is 9.86. The van der Waals surface area contributed by atoms with Crippen LogP contribution in [0, 0.1) is 11.3 Å². The van der Waals surface area contributed by atoms with Gasteiger partial charge in [-0.15, -0.1) is 0 Å². The maximum absolute atomic E-state index is 12.9. The van der Waals surface area contributed by atoms with E-state index in [2.05, 4.69) is 10.6 Å². The lowest BCUT2D eigenvalue weighted by Gasteiger charge is -2.29. The number of allylic oxidation sites excluding steroid dienone is 5. The average molecular weight is 574 g/mol. The second-order valence-electron chi connectivity index (χ2n) is 10.9. The number of nitrogens with one attached hydrogen (secondary N) is 2. The fourth-order valence-corrected chi connectivity index (χ4v) is 4.03. The number of hydrogen-bond donors (Lipinski definition) is 4. The Morgan fingerprint density at radius 1 is 1.20 bits per heavy atom. The molecule has 1 aliphatic heterocycles. The van der Waals surface area contributed by atoms with Gasteiger partial charge in [-0.1, -0.05) is 75.8 Å². The van der Waals surface area contributed by atoms with Crippen molar-refractivity contribution in [2.75, 3.05) is 7.11 Å². The summed E-state index contributed by atoms with van der Waals surface area (Å²) in [4.78, 5) is 36.5. The first-order valence-corrected chi connectivity index (χ1v) is 13.7. The Morgan fingerprint density at radius 2 is 1.85 bits per heavy atom. The van der Waals surface area contributed by atoms with Crippen LogP contribution in [0.4, 0.5) is 4.79 Å². The minimum absolute atomic E-state index is 0.0473. The Labute approximate surface area is 244 Å². The number of amides is 3. The van der Waals surface area contributed by atoms with Gasteiger partial charge in [-0.2, -0.15) is 0 Å². The van der Waals surface area contributed by atoms with Crippen molar-refractivity contribution in [3.05, 3.63) is 72.2 Å². The fourth-order valence-electron chi connectivity index (χ4n) is 4.03. The predicted molar refractivity (Wildman–Crippen MR) is 159 cm³/mol. The number of rotatable bonds is 14. The molecule has 0 saturated carbocycles. The number of hydrogen-bond acceptors (Lipinski definition) is 7. The molecular weight excluding hydrogens is 526 g/mol. The first-order chi connectivity index (χ1) is 19.3. The minimum Gasteiger partial charge on any atom is -0.496 e. The maximum Gasteiger partial charge on any atom is 0.404 e.